The molecule has 1 aliphatic carbocycles. The van der Waals surface area contributed by atoms with Gasteiger partial charge in [-0.05, 0) is 44.6 Å². The van der Waals surface area contributed by atoms with Crippen LogP contribution in [-0.2, 0) is 23.2 Å². The molecule has 0 atom stereocenters. The standard InChI is InChI=1S/C18H21BrFN3OS/c1-18(6-7-18)16-14(10-23(2)3)21-17(25-16)22-15(24)8-11-4-5-12(19)9-13(11)20/h4-5,9H,6-8,10H2,1-3H3,(H,21,22,24). The number of thiazole rings is 1. The number of benzene rings is 1. The monoisotopic (exact) mass is 425 g/mol. The molecule has 0 aliphatic heterocycles. The Morgan fingerprint density at radius 2 is 2.16 bits per heavy atom. The minimum absolute atomic E-state index is 0.00565. The molecule has 1 N–H and O–H groups in total. The van der Waals surface area contributed by atoms with Crippen molar-refractivity contribution in [2.45, 2.75) is 38.1 Å². The normalized spacial score (nSPS) is 15.4. The lowest BCUT2D eigenvalue weighted by Gasteiger charge is -2.11. The molecule has 1 amide bonds. The Morgan fingerprint density at radius 3 is 2.76 bits per heavy atom. The quantitative estimate of drug-likeness (QED) is 0.748. The zero-order chi connectivity index (χ0) is 18.2. The average Bonchev–Trinajstić information content (AvgIpc) is 3.13. The molecule has 1 aromatic carbocycles. The molecule has 7 heteroatoms. The van der Waals surface area contributed by atoms with Gasteiger partial charge in [0.2, 0.25) is 5.91 Å². The Kier molecular flexibility index (Phi) is 5.27. The fourth-order valence-corrected chi connectivity index (χ4v) is 4.23. The topological polar surface area (TPSA) is 45.2 Å². The molecular formula is C18H21BrFN3OS. The number of anilines is 1. The Hall–Kier alpha value is -1.31. The largest absolute Gasteiger partial charge is 0.304 e. The number of carbonyl (C=O) groups is 1. The molecule has 25 heavy (non-hydrogen) atoms. The summed E-state index contributed by atoms with van der Waals surface area (Å²) in [5, 5.41) is 3.44. The van der Waals surface area contributed by atoms with E-state index >= 15 is 0 Å². The number of aromatic nitrogens is 1. The van der Waals surface area contributed by atoms with Crippen LogP contribution in [0.3, 0.4) is 0 Å². The highest BCUT2D eigenvalue weighted by Gasteiger charge is 2.43. The summed E-state index contributed by atoms with van der Waals surface area (Å²) in [4.78, 5) is 20.2. The molecule has 0 radical (unpaired) electrons. The summed E-state index contributed by atoms with van der Waals surface area (Å²) in [5.41, 5.74) is 1.60. The molecule has 0 saturated heterocycles. The second kappa shape index (κ2) is 7.13. The molecule has 2 aromatic rings. The number of rotatable bonds is 6. The van der Waals surface area contributed by atoms with E-state index in [0.29, 0.717) is 15.2 Å². The van der Waals surface area contributed by atoms with E-state index in [2.05, 4.69) is 38.1 Å². The van der Waals surface area contributed by atoms with E-state index in [1.54, 1.807) is 23.5 Å². The lowest BCUT2D eigenvalue weighted by atomic mass is 10.1. The van der Waals surface area contributed by atoms with E-state index in [-0.39, 0.29) is 23.6 Å². The molecule has 0 spiro atoms. The third-order valence-corrected chi connectivity index (χ3v) is 6.14. The molecule has 0 bridgehead atoms. The summed E-state index contributed by atoms with van der Waals surface area (Å²) in [6, 6.07) is 4.72. The van der Waals surface area contributed by atoms with Crippen molar-refractivity contribution in [3.05, 3.63) is 44.6 Å². The van der Waals surface area contributed by atoms with Crippen LogP contribution in [0.1, 0.15) is 35.9 Å². The van der Waals surface area contributed by atoms with Gasteiger partial charge in [-0.2, -0.15) is 0 Å². The van der Waals surface area contributed by atoms with Crippen molar-refractivity contribution >= 4 is 38.3 Å². The fraction of sp³-hybridized carbons (Fsp3) is 0.444. The van der Waals surface area contributed by atoms with Crippen LogP contribution >= 0.6 is 27.3 Å². The van der Waals surface area contributed by atoms with Crippen molar-refractivity contribution in [1.29, 1.82) is 0 Å². The van der Waals surface area contributed by atoms with Crippen LogP contribution < -0.4 is 5.32 Å². The van der Waals surface area contributed by atoms with Crippen molar-refractivity contribution in [1.82, 2.24) is 9.88 Å². The van der Waals surface area contributed by atoms with E-state index in [1.807, 2.05) is 14.1 Å². The van der Waals surface area contributed by atoms with Crippen LogP contribution in [0.4, 0.5) is 9.52 Å². The summed E-state index contributed by atoms with van der Waals surface area (Å²) in [6.07, 6.45) is 2.31. The zero-order valence-corrected chi connectivity index (χ0v) is 16.9. The van der Waals surface area contributed by atoms with Gasteiger partial charge in [-0.15, -0.1) is 11.3 Å². The molecule has 134 valence electrons. The molecule has 1 fully saturated rings. The highest BCUT2D eigenvalue weighted by molar-refractivity contribution is 9.10. The minimum atomic E-state index is -0.386. The van der Waals surface area contributed by atoms with Gasteiger partial charge < -0.3 is 10.2 Å². The molecule has 4 nitrogen and oxygen atoms in total. The Morgan fingerprint density at radius 1 is 1.44 bits per heavy atom. The first-order valence-electron chi connectivity index (χ1n) is 8.15. The number of hydrogen-bond acceptors (Lipinski definition) is 4. The van der Waals surface area contributed by atoms with Crippen molar-refractivity contribution in [3.63, 3.8) is 0 Å². The first-order chi connectivity index (χ1) is 11.8. The summed E-state index contributed by atoms with van der Waals surface area (Å²) < 4.78 is 14.6. The molecule has 1 saturated carbocycles. The van der Waals surface area contributed by atoms with Crippen molar-refractivity contribution in [2.24, 2.45) is 0 Å². The average molecular weight is 426 g/mol. The van der Waals surface area contributed by atoms with E-state index in [0.717, 1.165) is 25.1 Å². The van der Waals surface area contributed by atoms with Crippen LogP contribution in [0.15, 0.2) is 22.7 Å². The van der Waals surface area contributed by atoms with E-state index in [4.69, 9.17) is 0 Å². The van der Waals surface area contributed by atoms with E-state index in [9.17, 15) is 9.18 Å². The summed E-state index contributed by atoms with van der Waals surface area (Å²) in [5.74, 6) is -0.637. The van der Waals surface area contributed by atoms with Crippen molar-refractivity contribution in [2.75, 3.05) is 19.4 Å². The van der Waals surface area contributed by atoms with Crippen LogP contribution in [-0.4, -0.2) is 29.9 Å². The van der Waals surface area contributed by atoms with Gasteiger partial charge in [0.05, 0.1) is 12.1 Å². The molecule has 3 rings (SSSR count). The van der Waals surface area contributed by atoms with Gasteiger partial charge in [0.25, 0.3) is 0 Å². The number of amides is 1. The maximum atomic E-state index is 13.9. The Bertz CT molecular complexity index is 802. The fourth-order valence-electron chi connectivity index (χ4n) is 2.70. The van der Waals surface area contributed by atoms with Gasteiger partial charge in [0.15, 0.2) is 5.13 Å². The van der Waals surface area contributed by atoms with Crippen LogP contribution in [0.2, 0.25) is 0 Å². The van der Waals surface area contributed by atoms with Crippen LogP contribution in [0, 0.1) is 5.82 Å². The first kappa shape index (κ1) is 18.5. The van der Waals surface area contributed by atoms with Gasteiger partial charge in [-0.1, -0.05) is 28.9 Å². The predicted octanol–water partition coefficient (Wildman–Crippen LogP) is 4.34. The van der Waals surface area contributed by atoms with Gasteiger partial charge in [-0.3, -0.25) is 4.79 Å². The third kappa shape index (κ3) is 4.46. The number of carbonyl (C=O) groups excluding carboxylic acids is 1. The SMILES string of the molecule is CN(C)Cc1nc(NC(=O)Cc2ccc(Br)cc2F)sc1C1(C)CC1. The van der Waals surface area contributed by atoms with Gasteiger partial charge in [-0.25, -0.2) is 9.37 Å². The summed E-state index contributed by atoms with van der Waals surface area (Å²) in [6.45, 7) is 2.99. The van der Waals surface area contributed by atoms with Crippen LogP contribution in [0.25, 0.3) is 0 Å². The van der Waals surface area contributed by atoms with Crippen molar-refractivity contribution < 1.29 is 9.18 Å². The predicted molar refractivity (Wildman–Crippen MR) is 103 cm³/mol. The van der Waals surface area contributed by atoms with E-state index < -0.39 is 0 Å². The molecular weight excluding hydrogens is 405 g/mol. The number of halogens is 2. The molecule has 1 aliphatic rings. The van der Waals surface area contributed by atoms with Gasteiger partial charge in [0.1, 0.15) is 5.82 Å². The maximum Gasteiger partial charge on any atom is 0.230 e. The zero-order valence-electron chi connectivity index (χ0n) is 14.5. The lowest BCUT2D eigenvalue weighted by molar-refractivity contribution is -0.115. The highest BCUT2D eigenvalue weighted by Crippen LogP contribution is 2.51. The second-order valence-corrected chi connectivity index (χ2v) is 8.97. The first-order valence-corrected chi connectivity index (χ1v) is 9.76. The summed E-state index contributed by atoms with van der Waals surface area (Å²) in [7, 11) is 4.01. The second-order valence-electron chi connectivity index (χ2n) is 7.05. The molecule has 0 unspecified atom stereocenters. The third-order valence-electron chi connectivity index (χ3n) is 4.32. The van der Waals surface area contributed by atoms with Gasteiger partial charge >= 0.3 is 0 Å². The maximum absolute atomic E-state index is 13.9. The van der Waals surface area contributed by atoms with Crippen LogP contribution in [0.5, 0.6) is 0 Å². The number of hydrogen-bond donors (Lipinski definition) is 1. The molecule has 1 aromatic heterocycles. The van der Waals surface area contributed by atoms with Crippen molar-refractivity contribution in [3.8, 4) is 0 Å². The smallest absolute Gasteiger partial charge is 0.230 e. The Labute approximate surface area is 159 Å². The highest BCUT2D eigenvalue weighted by atomic mass is 79.9. The molecule has 1 heterocycles. The summed E-state index contributed by atoms with van der Waals surface area (Å²) >= 11 is 4.76. The van der Waals surface area contributed by atoms with Gasteiger partial charge in [0, 0.05) is 21.3 Å². The van der Waals surface area contributed by atoms with E-state index in [1.165, 1.54) is 10.9 Å². The minimum Gasteiger partial charge on any atom is -0.304 e. The number of nitrogens with one attached hydrogen (secondary N) is 1. The lowest BCUT2D eigenvalue weighted by Crippen LogP contribution is -2.16. The Balaban J connectivity index is 1.73. The number of nitrogens with zero attached hydrogens (tertiary/aromatic N) is 2.